The van der Waals surface area contributed by atoms with Crippen LogP contribution in [0.4, 0.5) is 0 Å². The lowest BCUT2D eigenvalue weighted by atomic mass is 9.96. The zero-order valence-corrected chi connectivity index (χ0v) is 11.9. The number of hydrogen-bond acceptors (Lipinski definition) is 2. The molecule has 1 heterocycles. The minimum atomic E-state index is -0.692. The maximum atomic E-state index is 11.6. The van der Waals surface area contributed by atoms with Gasteiger partial charge in [-0.15, -0.1) is 0 Å². The van der Waals surface area contributed by atoms with Gasteiger partial charge in [0.05, 0.1) is 0 Å². The number of carbonyl (C=O) groups is 1. The van der Waals surface area contributed by atoms with Crippen LogP contribution in [0.5, 0.6) is 0 Å². The molecule has 1 fully saturated rings. The Morgan fingerprint density at radius 1 is 1.26 bits per heavy atom. The summed E-state index contributed by atoms with van der Waals surface area (Å²) >= 11 is 0. The summed E-state index contributed by atoms with van der Waals surface area (Å²) in [6.07, 6.45) is 4.09. The molecule has 3 nitrogen and oxygen atoms in total. The van der Waals surface area contributed by atoms with Gasteiger partial charge in [0.2, 0.25) is 0 Å². The van der Waals surface area contributed by atoms with E-state index in [1.54, 1.807) is 0 Å². The van der Waals surface area contributed by atoms with Crippen LogP contribution in [0, 0.1) is 13.8 Å². The van der Waals surface area contributed by atoms with Crippen LogP contribution in [0.3, 0.4) is 0 Å². The molecule has 1 aliphatic heterocycles. The van der Waals surface area contributed by atoms with Crippen molar-refractivity contribution in [3.8, 4) is 0 Å². The molecule has 3 heteroatoms. The lowest BCUT2D eigenvalue weighted by Gasteiger charge is -2.32. The van der Waals surface area contributed by atoms with Crippen molar-refractivity contribution in [3.63, 3.8) is 0 Å². The number of rotatable bonds is 4. The zero-order chi connectivity index (χ0) is 13.8. The van der Waals surface area contributed by atoms with Crippen molar-refractivity contribution in [2.45, 2.75) is 45.6 Å². The molecule has 0 saturated carbocycles. The summed E-state index contributed by atoms with van der Waals surface area (Å²) in [6.45, 7) is 6.00. The molecule has 0 spiro atoms. The monoisotopic (exact) mass is 261 g/mol. The van der Waals surface area contributed by atoms with E-state index in [4.69, 9.17) is 0 Å². The van der Waals surface area contributed by atoms with E-state index in [2.05, 4.69) is 30.9 Å². The molecule has 0 unspecified atom stereocenters. The number of aliphatic carboxylic acids is 1. The Labute approximate surface area is 115 Å². The van der Waals surface area contributed by atoms with Crippen molar-refractivity contribution in [2.75, 3.05) is 13.1 Å². The molecule has 19 heavy (non-hydrogen) atoms. The highest BCUT2D eigenvalue weighted by atomic mass is 16.4. The first-order valence-corrected chi connectivity index (χ1v) is 7.11. The number of piperidine rings is 1. The fourth-order valence-electron chi connectivity index (χ4n) is 2.84. The van der Waals surface area contributed by atoms with E-state index in [0.717, 1.165) is 31.5 Å². The summed E-state index contributed by atoms with van der Waals surface area (Å²) in [5, 5.41) is 9.51. The molecular formula is C16H23NO2. The largest absolute Gasteiger partial charge is 0.480 e. The molecule has 104 valence electrons. The molecule has 0 aliphatic carbocycles. The van der Waals surface area contributed by atoms with Crippen LogP contribution in [0.25, 0.3) is 0 Å². The van der Waals surface area contributed by atoms with E-state index in [1.165, 1.54) is 17.5 Å². The van der Waals surface area contributed by atoms with E-state index in [1.807, 2.05) is 6.07 Å². The highest BCUT2D eigenvalue weighted by Crippen LogP contribution is 2.19. The number of nitrogens with zero attached hydrogens (tertiary/aromatic N) is 1. The van der Waals surface area contributed by atoms with Crippen molar-refractivity contribution < 1.29 is 9.90 Å². The van der Waals surface area contributed by atoms with Gasteiger partial charge in [0.25, 0.3) is 0 Å². The van der Waals surface area contributed by atoms with Gasteiger partial charge in [0, 0.05) is 0 Å². The van der Waals surface area contributed by atoms with Crippen molar-refractivity contribution >= 4 is 5.97 Å². The predicted octanol–water partition coefficient (Wildman–Crippen LogP) is 2.79. The van der Waals surface area contributed by atoms with Gasteiger partial charge in [-0.05, 0) is 62.9 Å². The molecular weight excluding hydrogens is 238 g/mol. The van der Waals surface area contributed by atoms with Crippen LogP contribution >= 0.6 is 0 Å². The Morgan fingerprint density at radius 2 is 1.95 bits per heavy atom. The van der Waals surface area contributed by atoms with Gasteiger partial charge < -0.3 is 5.11 Å². The Balaban J connectivity index is 2.16. The van der Waals surface area contributed by atoms with Crippen molar-refractivity contribution in [2.24, 2.45) is 0 Å². The lowest BCUT2D eigenvalue weighted by molar-refractivity contribution is -0.143. The molecule has 1 N–H and O–H groups in total. The Bertz CT molecular complexity index is 450. The molecule has 1 aromatic carbocycles. The van der Waals surface area contributed by atoms with Crippen molar-refractivity contribution in [1.29, 1.82) is 0 Å². The summed E-state index contributed by atoms with van der Waals surface area (Å²) in [5.41, 5.74) is 3.63. The Kier molecular flexibility index (Phi) is 4.59. The van der Waals surface area contributed by atoms with Crippen LogP contribution in [0.2, 0.25) is 0 Å². The van der Waals surface area contributed by atoms with Gasteiger partial charge >= 0.3 is 5.97 Å². The van der Waals surface area contributed by atoms with Gasteiger partial charge in [0.15, 0.2) is 0 Å². The molecule has 1 saturated heterocycles. The third-order valence-corrected chi connectivity index (χ3v) is 4.25. The highest BCUT2D eigenvalue weighted by molar-refractivity contribution is 5.74. The number of likely N-dealkylation sites (tertiary alicyclic amines) is 1. The maximum absolute atomic E-state index is 11.6. The lowest BCUT2D eigenvalue weighted by Crippen LogP contribution is -2.45. The summed E-state index contributed by atoms with van der Waals surface area (Å²) in [5.74, 6) is -0.692. The number of carboxylic acids is 1. The minimum Gasteiger partial charge on any atom is -0.480 e. The highest BCUT2D eigenvalue weighted by Gasteiger charge is 2.27. The van der Waals surface area contributed by atoms with Gasteiger partial charge in [0.1, 0.15) is 6.04 Å². The van der Waals surface area contributed by atoms with E-state index >= 15 is 0 Å². The average molecular weight is 261 g/mol. The fourth-order valence-corrected chi connectivity index (χ4v) is 2.84. The average Bonchev–Trinajstić information content (AvgIpc) is 2.41. The SMILES string of the molecule is Cc1cccc(C[C@@H](C(=O)O)N2CCCCC2)c1C. The maximum Gasteiger partial charge on any atom is 0.321 e. The Hall–Kier alpha value is -1.35. The molecule has 0 aromatic heterocycles. The number of carboxylic acid groups (broad SMARTS) is 1. The van der Waals surface area contributed by atoms with E-state index in [-0.39, 0.29) is 6.04 Å². The molecule has 1 aliphatic rings. The first-order valence-electron chi connectivity index (χ1n) is 7.11. The van der Waals surface area contributed by atoms with Crippen LogP contribution in [0.1, 0.15) is 36.0 Å². The molecule has 1 atom stereocenters. The normalized spacial score (nSPS) is 18.2. The fraction of sp³-hybridized carbons (Fsp3) is 0.562. The second-order valence-corrected chi connectivity index (χ2v) is 5.51. The topological polar surface area (TPSA) is 40.5 Å². The number of hydrogen-bond donors (Lipinski definition) is 1. The molecule has 2 rings (SSSR count). The minimum absolute atomic E-state index is 0.374. The van der Waals surface area contributed by atoms with Crippen LogP contribution in [-0.2, 0) is 11.2 Å². The summed E-state index contributed by atoms with van der Waals surface area (Å²) < 4.78 is 0. The molecule has 0 radical (unpaired) electrons. The molecule has 0 amide bonds. The number of benzene rings is 1. The summed E-state index contributed by atoms with van der Waals surface area (Å²) in [7, 11) is 0. The third kappa shape index (κ3) is 3.35. The first-order chi connectivity index (χ1) is 9.09. The van der Waals surface area contributed by atoms with E-state index in [0.29, 0.717) is 6.42 Å². The smallest absolute Gasteiger partial charge is 0.321 e. The van der Waals surface area contributed by atoms with Gasteiger partial charge in [-0.25, -0.2) is 0 Å². The number of aryl methyl sites for hydroxylation is 1. The third-order valence-electron chi connectivity index (χ3n) is 4.25. The second-order valence-electron chi connectivity index (χ2n) is 5.51. The first kappa shape index (κ1) is 14.1. The van der Waals surface area contributed by atoms with Gasteiger partial charge in [-0.2, -0.15) is 0 Å². The predicted molar refractivity (Wildman–Crippen MR) is 76.5 cm³/mol. The molecule has 0 bridgehead atoms. The summed E-state index contributed by atoms with van der Waals surface area (Å²) in [4.78, 5) is 13.7. The van der Waals surface area contributed by atoms with Gasteiger partial charge in [-0.3, -0.25) is 9.69 Å². The zero-order valence-electron chi connectivity index (χ0n) is 11.9. The Morgan fingerprint density at radius 3 is 2.58 bits per heavy atom. The second kappa shape index (κ2) is 6.20. The van der Waals surface area contributed by atoms with Crippen LogP contribution in [-0.4, -0.2) is 35.1 Å². The molecule has 1 aromatic rings. The standard InChI is InChI=1S/C16H23NO2/c1-12-7-6-8-14(13(12)2)11-15(16(18)19)17-9-4-3-5-10-17/h6-8,15H,3-5,9-11H2,1-2H3,(H,18,19)/t15-/m0/s1. The van der Waals surface area contributed by atoms with Gasteiger partial charge in [-0.1, -0.05) is 24.6 Å². The van der Waals surface area contributed by atoms with E-state index < -0.39 is 5.97 Å². The van der Waals surface area contributed by atoms with Crippen LogP contribution < -0.4 is 0 Å². The van der Waals surface area contributed by atoms with Crippen LogP contribution in [0.15, 0.2) is 18.2 Å². The van der Waals surface area contributed by atoms with Crippen molar-refractivity contribution in [3.05, 3.63) is 34.9 Å². The van der Waals surface area contributed by atoms with Crippen molar-refractivity contribution in [1.82, 2.24) is 4.90 Å². The summed E-state index contributed by atoms with van der Waals surface area (Å²) in [6, 6.07) is 5.78. The quantitative estimate of drug-likeness (QED) is 0.906. The van der Waals surface area contributed by atoms with E-state index in [9.17, 15) is 9.90 Å².